The van der Waals surface area contributed by atoms with E-state index in [0.717, 1.165) is 48.7 Å². The molecule has 1 atom stereocenters. The van der Waals surface area contributed by atoms with Crippen molar-refractivity contribution in [1.29, 1.82) is 0 Å². The predicted octanol–water partition coefficient (Wildman–Crippen LogP) is 4.20. The normalized spacial score (nSPS) is 12.4. The first-order valence-corrected chi connectivity index (χ1v) is 7.18. The van der Waals surface area contributed by atoms with Gasteiger partial charge in [-0.15, -0.1) is 0 Å². The van der Waals surface area contributed by atoms with Gasteiger partial charge in [-0.05, 0) is 44.0 Å². The van der Waals surface area contributed by atoms with Gasteiger partial charge >= 0.3 is 0 Å². The second kappa shape index (κ2) is 8.39. The number of benzene rings is 1. The average molecular weight is 270 g/mol. The van der Waals surface area contributed by atoms with Crippen molar-refractivity contribution in [2.45, 2.75) is 46.1 Å². The first-order chi connectivity index (χ1) is 8.67. The van der Waals surface area contributed by atoms with E-state index in [4.69, 9.17) is 16.3 Å². The van der Waals surface area contributed by atoms with Crippen LogP contribution in [0.3, 0.4) is 0 Å². The van der Waals surface area contributed by atoms with Gasteiger partial charge in [0, 0.05) is 11.6 Å². The molecule has 0 fully saturated rings. The molecule has 1 N–H and O–H groups in total. The fourth-order valence-electron chi connectivity index (χ4n) is 1.84. The number of ether oxygens (including phenoxy) is 1. The summed E-state index contributed by atoms with van der Waals surface area (Å²) < 4.78 is 6.07. The quantitative estimate of drug-likeness (QED) is 0.715. The van der Waals surface area contributed by atoms with E-state index in [1.807, 2.05) is 25.1 Å². The van der Waals surface area contributed by atoms with Crippen molar-refractivity contribution in [2.75, 3.05) is 13.1 Å². The Kier molecular flexibility index (Phi) is 7.14. The molecular formula is C15H24ClNO. The molecule has 0 aromatic heterocycles. The largest absolute Gasteiger partial charge is 0.489 e. The minimum atomic E-state index is 0.221. The van der Waals surface area contributed by atoms with Gasteiger partial charge in [0.2, 0.25) is 0 Å². The Morgan fingerprint density at radius 2 is 2.06 bits per heavy atom. The summed E-state index contributed by atoms with van der Waals surface area (Å²) in [6.07, 6.45) is 3.55. The fourth-order valence-corrected chi connectivity index (χ4v) is 2.01. The second-order valence-corrected chi connectivity index (χ2v) is 5.08. The number of rotatable bonds is 8. The molecule has 1 aromatic carbocycles. The number of halogens is 1. The summed E-state index contributed by atoms with van der Waals surface area (Å²) >= 11 is 6.01. The third-order valence-electron chi connectivity index (χ3n) is 2.85. The molecule has 0 bridgehead atoms. The van der Waals surface area contributed by atoms with Crippen LogP contribution in [0, 0.1) is 6.92 Å². The molecule has 1 unspecified atom stereocenters. The van der Waals surface area contributed by atoms with E-state index in [9.17, 15) is 0 Å². The Hall–Kier alpha value is -0.730. The highest BCUT2D eigenvalue weighted by Crippen LogP contribution is 2.24. The highest BCUT2D eigenvalue weighted by molar-refractivity contribution is 6.30. The van der Waals surface area contributed by atoms with E-state index in [2.05, 4.69) is 19.2 Å². The minimum Gasteiger partial charge on any atom is -0.489 e. The smallest absolute Gasteiger partial charge is 0.124 e. The van der Waals surface area contributed by atoms with Gasteiger partial charge in [0.25, 0.3) is 0 Å². The van der Waals surface area contributed by atoms with Crippen molar-refractivity contribution in [3.63, 3.8) is 0 Å². The molecule has 0 radical (unpaired) electrons. The van der Waals surface area contributed by atoms with Crippen LogP contribution in [0.1, 0.15) is 38.7 Å². The van der Waals surface area contributed by atoms with Crippen LogP contribution in [0.15, 0.2) is 18.2 Å². The van der Waals surface area contributed by atoms with E-state index in [1.54, 1.807) is 0 Å². The van der Waals surface area contributed by atoms with Crippen molar-refractivity contribution in [3.05, 3.63) is 28.8 Å². The summed E-state index contributed by atoms with van der Waals surface area (Å²) in [6, 6.07) is 5.80. The molecule has 0 saturated heterocycles. The standard InChI is InChI=1S/C15H24ClNO/c1-4-6-14(11-17-9-5-2)18-15-10-13(16)8-7-12(15)3/h7-8,10,14,17H,4-6,9,11H2,1-3H3. The lowest BCUT2D eigenvalue weighted by Gasteiger charge is -2.20. The zero-order chi connectivity index (χ0) is 13.4. The van der Waals surface area contributed by atoms with Gasteiger partial charge in [0.05, 0.1) is 0 Å². The summed E-state index contributed by atoms with van der Waals surface area (Å²) in [5, 5.41) is 4.15. The predicted molar refractivity (Wildman–Crippen MR) is 78.7 cm³/mol. The molecule has 0 aliphatic rings. The first kappa shape index (κ1) is 15.3. The number of aryl methyl sites for hydroxylation is 1. The van der Waals surface area contributed by atoms with Gasteiger partial charge < -0.3 is 10.1 Å². The highest BCUT2D eigenvalue weighted by atomic mass is 35.5. The molecule has 0 aliphatic heterocycles. The molecule has 1 rings (SSSR count). The van der Waals surface area contributed by atoms with E-state index >= 15 is 0 Å². The van der Waals surface area contributed by atoms with Gasteiger partial charge in [-0.25, -0.2) is 0 Å². The third kappa shape index (κ3) is 5.28. The molecule has 0 amide bonds. The number of nitrogens with one attached hydrogen (secondary N) is 1. The summed E-state index contributed by atoms with van der Waals surface area (Å²) in [4.78, 5) is 0. The number of hydrogen-bond donors (Lipinski definition) is 1. The fraction of sp³-hybridized carbons (Fsp3) is 0.600. The lowest BCUT2D eigenvalue weighted by atomic mass is 10.2. The molecule has 1 aromatic rings. The van der Waals surface area contributed by atoms with Gasteiger partial charge in [-0.3, -0.25) is 0 Å². The van der Waals surface area contributed by atoms with Crippen LogP contribution >= 0.6 is 11.6 Å². The Bertz CT molecular complexity index is 354. The molecular weight excluding hydrogens is 246 g/mol. The second-order valence-electron chi connectivity index (χ2n) is 4.64. The van der Waals surface area contributed by atoms with Gasteiger partial charge in [0.15, 0.2) is 0 Å². The highest BCUT2D eigenvalue weighted by Gasteiger charge is 2.11. The molecule has 0 saturated carbocycles. The van der Waals surface area contributed by atoms with Crippen LogP contribution in [0.25, 0.3) is 0 Å². The number of hydrogen-bond acceptors (Lipinski definition) is 2. The zero-order valence-electron chi connectivity index (χ0n) is 11.6. The Labute approximate surface area is 116 Å². The van der Waals surface area contributed by atoms with Crippen molar-refractivity contribution >= 4 is 11.6 Å². The van der Waals surface area contributed by atoms with Gasteiger partial charge in [-0.1, -0.05) is 37.9 Å². The van der Waals surface area contributed by atoms with Crippen LogP contribution in [-0.2, 0) is 0 Å². The minimum absolute atomic E-state index is 0.221. The zero-order valence-corrected chi connectivity index (χ0v) is 12.4. The van der Waals surface area contributed by atoms with Crippen molar-refractivity contribution in [2.24, 2.45) is 0 Å². The summed E-state index contributed by atoms with van der Waals surface area (Å²) in [7, 11) is 0. The summed E-state index contributed by atoms with van der Waals surface area (Å²) in [6.45, 7) is 8.34. The molecule has 2 nitrogen and oxygen atoms in total. The molecule has 0 aliphatic carbocycles. The van der Waals surface area contributed by atoms with E-state index in [1.165, 1.54) is 0 Å². The van der Waals surface area contributed by atoms with Crippen LogP contribution in [-0.4, -0.2) is 19.2 Å². The Morgan fingerprint density at radius 1 is 1.28 bits per heavy atom. The van der Waals surface area contributed by atoms with Crippen LogP contribution in [0.4, 0.5) is 0 Å². The first-order valence-electron chi connectivity index (χ1n) is 6.80. The lowest BCUT2D eigenvalue weighted by Crippen LogP contribution is -2.32. The van der Waals surface area contributed by atoms with Crippen molar-refractivity contribution in [1.82, 2.24) is 5.32 Å². The maximum Gasteiger partial charge on any atom is 0.124 e. The van der Waals surface area contributed by atoms with Crippen molar-refractivity contribution < 1.29 is 4.74 Å². The average Bonchev–Trinajstić information content (AvgIpc) is 2.34. The van der Waals surface area contributed by atoms with Crippen LogP contribution in [0.2, 0.25) is 5.02 Å². The monoisotopic (exact) mass is 269 g/mol. The lowest BCUT2D eigenvalue weighted by molar-refractivity contribution is 0.185. The van der Waals surface area contributed by atoms with E-state index < -0.39 is 0 Å². The molecule has 3 heteroatoms. The SMILES string of the molecule is CCCNCC(CCC)Oc1cc(Cl)ccc1C. The van der Waals surface area contributed by atoms with Gasteiger partial charge in [0.1, 0.15) is 11.9 Å². The van der Waals surface area contributed by atoms with Gasteiger partial charge in [-0.2, -0.15) is 0 Å². The van der Waals surface area contributed by atoms with Crippen molar-refractivity contribution in [3.8, 4) is 5.75 Å². The third-order valence-corrected chi connectivity index (χ3v) is 3.09. The topological polar surface area (TPSA) is 21.3 Å². The van der Waals surface area contributed by atoms with E-state index in [-0.39, 0.29) is 6.10 Å². The summed E-state index contributed by atoms with van der Waals surface area (Å²) in [5.74, 6) is 0.902. The Morgan fingerprint density at radius 3 is 2.72 bits per heavy atom. The maximum absolute atomic E-state index is 6.07. The summed E-state index contributed by atoms with van der Waals surface area (Å²) in [5.41, 5.74) is 1.14. The van der Waals surface area contributed by atoms with Crippen LogP contribution < -0.4 is 10.1 Å². The van der Waals surface area contributed by atoms with E-state index in [0.29, 0.717) is 0 Å². The molecule has 0 spiro atoms. The maximum atomic E-state index is 6.07. The molecule has 0 heterocycles. The Balaban J connectivity index is 2.60. The molecule has 18 heavy (non-hydrogen) atoms. The molecule has 102 valence electrons. The van der Waals surface area contributed by atoms with Crippen LogP contribution in [0.5, 0.6) is 5.75 Å².